The number of carbonyl (C=O) groups excluding carboxylic acids is 1. The second-order valence-corrected chi connectivity index (χ2v) is 5.64. The summed E-state index contributed by atoms with van der Waals surface area (Å²) in [5.41, 5.74) is 8.42. The fraction of sp³-hybridized carbons (Fsp3) is 0.786. The lowest BCUT2D eigenvalue weighted by molar-refractivity contribution is -0.160. The number of hydrogen-bond acceptors (Lipinski definition) is 7. The van der Waals surface area contributed by atoms with E-state index >= 15 is 0 Å². The molecule has 0 aliphatic carbocycles. The van der Waals surface area contributed by atoms with Gasteiger partial charge in [-0.2, -0.15) is 0 Å². The van der Waals surface area contributed by atoms with E-state index in [4.69, 9.17) is 19.7 Å². The van der Waals surface area contributed by atoms with Crippen LogP contribution in [0.4, 0.5) is 0 Å². The van der Waals surface area contributed by atoms with Crippen molar-refractivity contribution in [3.63, 3.8) is 0 Å². The van der Waals surface area contributed by atoms with Gasteiger partial charge in [0.1, 0.15) is 12.2 Å². The summed E-state index contributed by atoms with van der Waals surface area (Å²) >= 11 is 0. The molecule has 1 aliphatic rings. The number of aliphatic hydroxyl groups is 2. The third kappa shape index (κ3) is 5.49. The smallest absolute Gasteiger partial charge is 0.333 e. The molecule has 23 heavy (non-hydrogen) atoms. The Balaban J connectivity index is 2.78. The molecule has 9 nitrogen and oxygen atoms in total. The molecule has 0 aromatic heterocycles. The van der Waals surface area contributed by atoms with E-state index in [9.17, 15) is 15.0 Å². The highest BCUT2D eigenvalue weighted by molar-refractivity contribution is 5.87. The molecule has 0 aromatic rings. The number of rotatable bonds is 8. The first-order chi connectivity index (χ1) is 10.7. The molecule has 1 rings (SSSR count). The molecule has 4 atom stereocenters. The molecule has 1 aliphatic heterocycles. The van der Waals surface area contributed by atoms with Gasteiger partial charge in [-0.25, -0.2) is 4.79 Å². The van der Waals surface area contributed by atoms with Gasteiger partial charge in [-0.05, 0) is 26.3 Å². The van der Waals surface area contributed by atoms with E-state index in [0.29, 0.717) is 0 Å². The Bertz CT molecular complexity index is 489. The topological polar surface area (TPSA) is 134 Å². The summed E-state index contributed by atoms with van der Waals surface area (Å²) in [5, 5.41) is 23.7. The Morgan fingerprint density at radius 1 is 1.39 bits per heavy atom. The standard InChI is InChI=1S/C14H23N3O6/c1-5-21-13(20)8(2)6-9(18)11-12(10(19)7-16-17-15)23-14(3,4)22-11/h9-12,18-19H,2,5-7H2,1,3-4H3/t9?,10-,11-,12-/m1/s1. The molecule has 1 fully saturated rings. The van der Waals surface area contributed by atoms with Crippen molar-refractivity contribution >= 4 is 5.97 Å². The highest BCUT2D eigenvalue weighted by Gasteiger charge is 2.47. The van der Waals surface area contributed by atoms with Gasteiger partial charge < -0.3 is 24.4 Å². The summed E-state index contributed by atoms with van der Waals surface area (Å²) in [6.07, 6.45) is -4.18. The Hall–Kier alpha value is -1.64. The van der Waals surface area contributed by atoms with E-state index in [-0.39, 0.29) is 25.1 Å². The number of ether oxygens (including phenoxy) is 3. The lowest BCUT2D eigenvalue weighted by Crippen LogP contribution is -2.43. The lowest BCUT2D eigenvalue weighted by Gasteiger charge is -2.25. The predicted octanol–water partition coefficient (Wildman–Crippen LogP) is 1.05. The van der Waals surface area contributed by atoms with Gasteiger partial charge in [-0.1, -0.05) is 11.7 Å². The van der Waals surface area contributed by atoms with Gasteiger partial charge in [0.2, 0.25) is 0 Å². The van der Waals surface area contributed by atoms with Crippen molar-refractivity contribution in [1.82, 2.24) is 0 Å². The first kappa shape index (κ1) is 19.4. The summed E-state index contributed by atoms with van der Waals surface area (Å²) < 4.78 is 16.0. The maximum atomic E-state index is 11.6. The number of azide groups is 1. The van der Waals surface area contributed by atoms with Crippen LogP contribution in [0.2, 0.25) is 0 Å². The zero-order chi connectivity index (χ0) is 17.6. The van der Waals surface area contributed by atoms with Gasteiger partial charge in [0.25, 0.3) is 0 Å². The summed E-state index contributed by atoms with van der Waals surface area (Å²) in [6.45, 7) is 8.50. The quantitative estimate of drug-likeness (QED) is 0.225. The van der Waals surface area contributed by atoms with Crippen molar-refractivity contribution < 1.29 is 29.2 Å². The van der Waals surface area contributed by atoms with E-state index in [0.717, 1.165) is 0 Å². The molecule has 0 bridgehead atoms. The van der Waals surface area contributed by atoms with E-state index < -0.39 is 36.2 Å². The van der Waals surface area contributed by atoms with Crippen molar-refractivity contribution in [3.8, 4) is 0 Å². The average Bonchev–Trinajstić information content (AvgIpc) is 2.81. The maximum absolute atomic E-state index is 11.6. The molecule has 1 unspecified atom stereocenters. The van der Waals surface area contributed by atoms with Crippen LogP contribution in [0.25, 0.3) is 10.4 Å². The minimum atomic E-state index is -1.15. The van der Waals surface area contributed by atoms with Crippen LogP contribution < -0.4 is 0 Å². The fourth-order valence-electron chi connectivity index (χ4n) is 2.32. The van der Waals surface area contributed by atoms with E-state index in [1.165, 1.54) is 0 Å². The molecule has 0 radical (unpaired) electrons. The predicted molar refractivity (Wildman–Crippen MR) is 80.2 cm³/mol. The number of nitrogens with zero attached hydrogens (tertiary/aromatic N) is 3. The molecule has 2 N–H and O–H groups in total. The second kappa shape index (κ2) is 8.28. The Morgan fingerprint density at radius 3 is 2.48 bits per heavy atom. The number of esters is 1. The van der Waals surface area contributed by atoms with Crippen molar-refractivity contribution in [2.24, 2.45) is 5.11 Å². The van der Waals surface area contributed by atoms with Crippen LogP contribution >= 0.6 is 0 Å². The zero-order valence-corrected chi connectivity index (χ0v) is 13.5. The molecular formula is C14H23N3O6. The van der Waals surface area contributed by atoms with Crippen LogP contribution in [0, 0.1) is 0 Å². The van der Waals surface area contributed by atoms with Crippen LogP contribution in [0.15, 0.2) is 17.3 Å². The van der Waals surface area contributed by atoms with Crippen LogP contribution in [0.1, 0.15) is 27.2 Å². The average molecular weight is 329 g/mol. The summed E-state index contributed by atoms with van der Waals surface area (Å²) in [6, 6.07) is 0. The van der Waals surface area contributed by atoms with Gasteiger partial charge in [-0.3, -0.25) is 0 Å². The Morgan fingerprint density at radius 2 is 1.96 bits per heavy atom. The summed E-state index contributed by atoms with van der Waals surface area (Å²) in [7, 11) is 0. The molecule has 0 spiro atoms. The van der Waals surface area contributed by atoms with Gasteiger partial charge in [-0.15, -0.1) is 0 Å². The highest BCUT2D eigenvalue weighted by atomic mass is 16.8. The third-order valence-electron chi connectivity index (χ3n) is 3.27. The van der Waals surface area contributed by atoms with Gasteiger partial charge in [0.05, 0.1) is 25.4 Å². The lowest BCUT2D eigenvalue weighted by atomic mass is 9.98. The molecular weight excluding hydrogens is 306 g/mol. The van der Waals surface area contributed by atoms with Crippen molar-refractivity contribution in [3.05, 3.63) is 22.6 Å². The monoisotopic (exact) mass is 329 g/mol. The molecule has 130 valence electrons. The normalized spacial score (nSPS) is 25.3. The van der Waals surface area contributed by atoms with Crippen LogP contribution in [0.5, 0.6) is 0 Å². The summed E-state index contributed by atoms with van der Waals surface area (Å²) in [4.78, 5) is 14.1. The molecule has 1 heterocycles. The van der Waals surface area contributed by atoms with Crippen molar-refractivity contribution in [2.45, 2.75) is 57.4 Å². The van der Waals surface area contributed by atoms with Gasteiger partial charge in [0.15, 0.2) is 5.79 Å². The third-order valence-corrected chi connectivity index (χ3v) is 3.27. The fourth-order valence-corrected chi connectivity index (χ4v) is 2.32. The SMILES string of the molecule is C=C(CC(O)[C@H]1OC(C)(C)O[C@@H]1[C@H](O)CN=[N+]=[N-])C(=O)OCC. The van der Waals surface area contributed by atoms with Gasteiger partial charge >= 0.3 is 5.97 Å². The first-order valence-electron chi connectivity index (χ1n) is 7.29. The number of aliphatic hydroxyl groups excluding tert-OH is 2. The van der Waals surface area contributed by atoms with Crippen LogP contribution in [-0.4, -0.2) is 59.5 Å². The molecule has 9 heteroatoms. The minimum Gasteiger partial charge on any atom is -0.463 e. The van der Waals surface area contributed by atoms with E-state index in [2.05, 4.69) is 16.6 Å². The number of carbonyl (C=O) groups is 1. The van der Waals surface area contributed by atoms with E-state index in [1.807, 2.05) is 0 Å². The zero-order valence-electron chi connectivity index (χ0n) is 13.5. The van der Waals surface area contributed by atoms with Crippen LogP contribution in [0.3, 0.4) is 0 Å². The Labute approximate surface area is 134 Å². The van der Waals surface area contributed by atoms with Crippen LogP contribution in [-0.2, 0) is 19.0 Å². The van der Waals surface area contributed by atoms with E-state index in [1.54, 1.807) is 20.8 Å². The van der Waals surface area contributed by atoms with Crippen molar-refractivity contribution in [1.29, 1.82) is 0 Å². The molecule has 0 saturated carbocycles. The maximum Gasteiger partial charge on any atom is 0.333 e. The number of hydrogen-bond donors (Lipinski definition) is 2. The largest absolute Gasteiger partial charge is 0.463 e. The summed E-state index contributed by atoms with van der Waals surface area (Å²) in [5.74, 6) is -1.63. The molecule has 0 aromatic carbocycles. The van der Waals surface area contributed by atoms with Gasteiger partial charge in [0, 0.05) is 16.9 Å². The minimum absolute atomic E-state index is 0.0896. The second-order valence-electron chi connectivity index (χ2n) is 5.64. The molecule has 0 amide bonds. The van der Waals surface area contributed by atoms with Crippen molar-refractivity contribution in [2.75, 3.05) is 13.2 Å². The first-order valence-corrected chi connectivity index (χ1v) is 7.29. The Kier molecular flexibility index (Phi) is 6.99. The highest BCUT2D eigenvalue weighted by Crippen LogP contribution is 2.33. The molecule has 1 saturated heterocycles.